The van der Waals surface area contributed by atoms with Gasteiger partial charge in [0.05, 0.1) is 12.3 Å². The first-order valence-corrected chi connectivity index (χ1v) is 8.56. The number of H-pyrrole nitrogens is 1. The van der Waals surface area contributed by atoms with Gasteiger partial charge in [-0.1, -0.05) is 19.8 Å². The first-order valence-electron chi connectivity index (χ1n) is 7.08. The number of hydrogen-bond donors (Lipinski definition) is 3. The smallest absolute Gasteiger partial charge is 0.244 e. The molecule has 1 fully saturated rings. The highest BCUT2D eigenvalue weighted by molar-refractivity contribution is 7.89. The van der Waals surface area contributed by atoms with E-state index >= 15 is 0 Å². The van der Waals surface area contributed by atoms with Crippen LogP contribution in [0.15, 0.2) is 4.90 Å². The summed E-state index contributed by atoms with van der Waals surface area (Å²) in [4.78, 5) is 0.0869. The molecular formula is C13H23N3O3S. The van der Waals surface area contributed by atoms with Crippen LogP contribution in [0.2, 0.25) is 0 Å². The Morgan fingerprint density at radius 3 is 2.85 bits per heavy atom. The Morgan fingerprint density at radius 1 is 1.45 bits per heavy atom. The Hall–Kier alpha value is -0.920. The fourth-order valence-corrected chi connectivity index (χ4v) is 4.45. The molecule has 0 amide bonds. The van der Waals surface area contributed by atoms with E-state index in [4.69, 9.17) is 0 Å². The number of sulfonamides is 1. The van der Waals surface area contributed by atoms with Crippen molar-refractivity contribution in [1.29, 1.82) is 0 Å². The lowest BCUT2D eigenvalue weighted by molar-refractivity contribution is 0.273. The summed E-state index contributed by atoms with van der Waals surface area (Å²) in [5.74, 6) is 1.07. The third-order valence-electron chi connectivity index (χ3n) is 3.99. The fraction of sp³-hybridized carbons (Fsp3) is 0.769. The maximum atomic E-state index is 12.3. The molecular weight excluding hydrogens is 278 g/mol. The van der Waals surface area contributed by atoms with Crippen LogP contribution in [0.25, 0.3) is 0 Å². The van der Waals surface area contributed by atoms with Gasteiger partial charge in [-0.05, 0) is 31.6 Å². The lowest BCUT2D eigenvalue weighted by Crippen LogP contribution is -2.32. The lowest BCUT2D eigenvalue weighted by Gasteiger charge is -2.26. The fourth-order valence-electron chi connectivity index (χ4n) is 2.98. The molecule has 1 saturated carbocycles. The van der Waals surface area contributed by atoms with Crippen LogP contribution in [0.5, 0.6) is 0 Å². The quantitative estimate of drug-likeness (QED) is 0.764. The van der Waals surface area contributed by atoms with Crippen molar-refractivity contribution in [2.24, 2.45) is 11.8 Å². The summed E-state index contributed by atoms with van der Waals surface area (Å²) < 4.78 is 27.3. The highest BCUT2D eigenvalue weighted by Gasteiger charge is 2.26. The van der Waals surface area contributed by atoms with E-state index in [0.29, 0.717) is 24.1 Å². The first kappa shape index (κ1) is 15.5. The zero-order chi connectivity index (χ0) is 14.8. The number of aromatic amines is 1. The topological polar surface area (TPSA) is 95.1 Å². The van der Waals surface area contributed by atoms with Crippen LogP contribution in [0.3, 0.4) is 0 Å². The van der Waals surface area contributed by atoms with E-state index in [9.17, 15) is 13.5 Å². The van der Waals surface area contributed by atoms with Crippen molar-refractivity contribution in [3.8, 4) is 0 Å². The zero-order valence-electron chi connectivity index (χ0n) is 12.0. The largest absolute Gasteiger partial charge is 0.390 e. The number of aryl methyl sites for hydroxylation is 1. The van der Waals surface area contributed by atoms with Crippen LogP contribution >= 0.6 is 0 Å². The van der Waals surface area contributed by atoms with Crippen LogP contribution in [-0.4, -0.2) is 30.3 Å². The van der Waals surface area contributed by atoms with Gasteiger partial charge < -0.3 is 5.11 Å². The molecule has 0 spiro atoms. The average molecular weight is 301 g/mol. The predicted molar refractivity (Wildman–Crippen MR) is 75.6 cm³/mol. The van der Waals surface area contributed by atoms with Gasteiger partial charge in [-0.2, -0.15) is 5.10 Å². The molecule has 0 bridgehead atoms. The van der Waals surface area contributed by atoms with E-state index in [0.717, 1.165) is 12.8 Å². The van der Waals surface area contributed by atoms with Crippen LogP contribution in [-0.2, 0) is 16.6 Å². The van der Waals surface area contributed by atoms with E-state index in [1.165, 1.54) is 12.8 Å². The minimum atomic E-state index is -3.61. The minimum Gasteiger partial charge on any atom is -0.390 e. The molecule has 1 aliphatic rings. The highest BCUT2D eigenvalue weighted by atomic mass is 32.2. The molecule has 1 heterocycles. The van der Waals surface area contributed by atoms with E-state index < -0.39 is 10.0 Å². The molecule has 2 rings (SSSR count). The van der Waals surface area contributed by atoms with Crippen molar-refractivity contribution in [1.82, 2.24) is 14.9 Å². The van der Waals surface area contributed by atoms with Gasteiger partial charge in [-0.3, -0.25) is 5.10 Å². The van der Waals surface area contributed by atoms with Crippen LogP contribution in [0.1, 0.15) is 44.0 Å². The van der Waals surface area contributed by atoms with E-state index in [2.05, 4.69) is 21.8 Å². The SMILES string of the molecule is Cc1[nH]nc(CO)c1S(=O)(=O)NCC1CCCC(C)C1. The lowest BCUT2D eigenvalue weighted by atomic mass is 9.83. The van der Waals surface area contributed by atoms with Crippen molar-refractivity contribution in [3.05, 3.63) is 11.4 Å². The summed E-state index contributed by atoms with van der Waals surface area (Å²) in [6.45, 7) is 3.93. The van der Waals surface area contributed by atoms with Crippen molar-refractivity contribution < 1.29 is 13.5 Å². The summed E-state index contributed by atoms with van der Waals surface area (Å²) >= 11 is 0. The molecule has 1 aromatic heterocycles. The number of rotatable bonds is 5. The Morgan fingerprint density at radius 2 is 2.20 bits per heavy atom. The third kappa shape index (κ3) is 3.39. The van der Waals surface area contributed by atoms with Gasteiger partial charge in [-0.15, -0.1) is 0 Å². The molecule has 3 N–H and O–H groups in total. The van der Waals surface area contributed by atoms with Gasteiger partial charge in [-0.25, -0.2) is 13.1 Å². The Labute approximate surface area is 120 Å². The summed E-state index contributed by atoms with van der Waals surface area (Å²) in [5.41, 5.74) is 0.630. The summed E-state index contributed by atoms with van der Waals surface area (Å²) in [7, 11) is -3.61. The van der Waals surface area contributed by atoms with Gasteiger partial charge in [0.2, 0.25) is 10.0 Å². The number of nitrogens with zero attached hydrogens (tertiary/aromatic N) is 1. The normalized spacial score (nSPS) is 23.9. The van der Waals surface area contributed by atoms with Gasteiger partial charge >= 0.3 is 0 Å². The minimum absolute atomic E-state index is 0.0869. The van der Waals surface area contributed by atoms with Crippen LogP contribution in [0, 0.1) is 18.8 Å². The molecule has 1 aromatic rings. The monoisotopic (exact) mass is 301 g/mol. The molecule has 7 heteroatoms. The standard InChI is InChI=1S/C13H23N3O3S/c1-9-4-3-5-11(6-9)7-14-20(18,19)13-10(2)15-16-12(13)8-17/h9,11,14,17H,3-8H2,1-2H3,(H,15,16). The summed E-state index contributed by atoms with van der Waals surface area (Å²) in [5, 5.41) is 15.6. The second kappa shape index (κ2) is 6.24. The van der Waals surface area contributed by atoms with Gasteiger partial charge in [0.25, 0.3) is 0 Å². The maximum Gasteiger partial charge on any atom is 0.244 e. The molecule has 0 aliphatic heterocycles. The second-order valence-corrected chi connectivity index (χ2v) is 7.48. The molecule has 20 heavy (non-hydrogen) atoms. The first-order chi connectivity index (χ1) is 9.44. The molecule has 6 nitrogen and oxygen atoms in total. The number of aliphatic hydroxyl groups excluding tert-OH is 1. The molecule has 2 atom stereocenters. The average Bonchev–Trinajstić information content (AvgIpc) is 2.78. The summed E-state index contributed by atoms with van der Waals surface area (Å²) in [6, 6.07) is 0. The second-order valence-electron chi connectivity index (χ2n) is 5.77. The summed E-state index contributed by atoms with van der Waals surface area (Å²) in [6.07, 6.45) is 4.54. The number of nitrogens with one attached hydrogen (secondary N) is 2. The number of hydrogen-bond acceptors (Lipinski definition) is 4. The van der Waals surface area contributed by atoms with E-state index in [-0.39, 0.29) is 17.2 Å². The molecule has 0 radical (unpaired) electrons. The third-order valence-corrected chi connectivity index (χ3v) is 5.61. The number of aromatic nitrogens is 2. The molecule has 1 aliphatic carbocycles. The Kier molecular flexibility index (Phi) is 4.82. The predicted octanol–water partition coefficient (Wildman–Crippen LogP) is 1.32. The molecule has 0 aromatic carbocycles. The van der Waals surface area contributed by atoms with E-state index in [1.54, 1.807) is 6.92 Å². The van der Waals surface area contributed by atoms with Gasteiger partial charge in [0.15, 0.2) is 0 Å². The molecule has 114 valence electrons. The Bertz CT molecular complexity index is 553. The van der Waals surface area contributed by atoms with Crippen molar-refractivity contribution >= 4 is 10.0 Å². The van der Waals surface area contributed by atoms with E-state index in [1.807, 2.05) is 0 Å². The van der Waals surface area contributed by atoms with Crippen LogP contribution in [0.4, 0.5) is 0 Å². The maximum absolute atomic E-state index is 12.3. The molecule has 2 unspecified atom stereocenters. The zero-order valence-corrected chi connectivity index (χ0v) is 12.8. The van der Waals surface area contributed by atoms with Crippen molar-refractivity contribution in [3.63, 3.8) is 0 Å². The molecule has 0 saturated heterocycles. The van der Waals surface area contributed by atoms with Gasteiger partial charge in [0.1, 0.15) is 10.6 Å². The van der Waals surface area contributed by atoms with Gasteiger partial charge in [0, 0.05) is 6.54 Å². The van der Waals surface area contributed by atoms with Crippen molar-refractivity contribution in [2.45, 2.75) is 51.0 Å². The van der Waals surface area contributed by atoms with Crippen molar-refractivity contribution in [2.75, 3.05) is 6.54 Å². The highest BCUT2D eigenvalue weighted by Crippen LogP contribution is 2.28. The number of aliphatic hydroxyl groups is 1. The Balaban J connectivity index is 2.05. The van der Waals surface area contributed by atoms with Crippen LogP contribution < -0.4 is 4.72 Å².